The maximum Gasteiger partial charge on any atom is 0.126 e. The van der Waals surface area contributed by atoms with Crippen molar-refractivity contribution in [3.05, 3.63) is 35.6 Å². The van der Waals surface area contributed by atoms with Gasteiger partial charge in [-0.2, -0.15) is 0 Å². The predicted molar refractivity (Wildman–Crippen MR) is 68.7 cm³/mol. The van der Waals surface area contributed by atoms with E-state index in [0.717, 1.165) is 38.0 Å². The van der Waals surface area contributed by atoms with Crippen molar-refractivity contribution >= 4 is 0 Å². The van der Waals surface area contributed by atoms with E-state index in [0.29, 0.717) is 6.04 Å². The molecule has 1 rings (SSSR count). The van der Waals surface area contributed by atoms with Gasteiger partial charge >= 0.3 is 0 Å². The number of hydrogen-bond donors (Lipinski definition) is 1. The molecule has 1 atom stereocenters. The van der Waals surface area contributed by atoms with E-state index in [1.165, 1.54) is 6.07 Å². The van der Waals surface area contributed by atoms with Gasteiger partial charge in [0.1, 0.15) is 5.82 Å². The smallest absolute Gasteiger partial charge is 0.126 e. The van der Waals surface area contributed by atoms with Gasteiger partial charge in [0.2, 0.25) is 0 Å². The maximum atomic E-state index is 13.5. The summed E-state index contributed by atoms with van der Waals surface area (Å²) in [6.45, 7) is 3.54. The van der Waals surface area contributed by atoms with Crippen molar-refractivity contribution in [2.45, 2.75) is 32.2 Å². The van der Waals surface area contributed by atoms with Crippen LogP contribution in [0.1, 0.15) is 25.3 Å². The summed E-state index contributed by atoms with van der Waals surface area (Å²) in [5.74, 6) is -0.113. The second kappa shape index (κ2) is 8.20. The van der Waals surface area contributed by atoms with Crippen molar-refractivity contribution in [3.63, 3.8) is 0 Å². The van der Waals surface area contributed by atoms with E-state index < -0.39 is 0 Å². The van der Waals surface area contributed by atoms with Gasteiger partial charge in [0, 0.05) is 19.3 Å². The number of ether oxygens (including phenoxy) is 1. The Morgan fingerprint density at radius 2 is 2.12 bits per heavy atom. The normalized spacial score (nSPS) is 12.6. The van der Waals surface area contributed by atoms with Crippen LogP contribution >= 0.6 is 0 Å². The highest BCUT2D eigenvalue weighted by atomic mass is 19.1. The van der Waals surface area contributed by atoms with Crippen LogP contribution in [0, 0.1) is 5.82 Å². The minimum Gasteiger partial charge on any atom is -0.382 e. The highest BCUT2D eigenvalue weighted by Crippen LogP contribution is 2.11. The average Bonchev–Trinajstić information content (AvgIpc) is 2.35. The molecule has 17 heavy (non-hydrogen) atoms. The number of nitrogens with one attached hydrogen (secondary N) is 1. The van der Waals surface area contributed by atoms with Gasteiger partial charge in [-0.1, -0.05) is 18.2 Å². The summed E-state index contributed by atoms with van der Waals surface area (Å²) in [4.78, 5) is 0. The molecule has 0 bridgehead atoms. The largest absolute Gasteiger partial charge is 0.382 e. The van der Waals surface area contributed by atoms with Gasteiger partial charge in [-0.15, -0.1) is 0 Å². The van der Waals surface area contributed by atoms with Crippen molar-refractivity contribution in [1.82, 2.24) is 5.32 Å². The van der Waals surface area contributed by atoms with E-state index in [2.05, 4.69) is 5.32 Å². The second-order valence-corrected chi connectivity index (χ2v) is 4.12. The first-order valence-corrected chi connectivity index (χ1v) is 6.26. The van der Waals surface area contributed by atoms with Gasteiger partial charge in [0.15, 0.2) is 0 Å². The predicted octanol–water partition coefficient (Wildman–Crippen LogP) is 2.77. The molecule has 0 aliphatic heterocycles. The Hall–Kier alpha value is -0.930. The van der Waals surface area contributed by atoms with Gasteiger partial charge in [0.05, 0.1) is 0 Å². The second-order valence-electron chi connectivity index (χ2n) is 4.12. The molecule has 0 radical (unpaired) electrons. The van der Waals surface area contributed by atoms with Crippen molar-refractivity contribution in [3.8, 4) is 0 Å². The molecular weight excluding hydrogens is 217 g/mol. The molecule has 0 aromatic heterocycles. The highest BCUT2D eigenvalue weighted by Gasteiger charge is 2.09. The van der Waals surface area contributed by atoms with Gasteiger partial charge < -0.3 is 10.1 Å². The van der Waals surface area contributed by atoms with Crippen molar-refractivity contribution < 1.29 is 9.13 Å². The maximum absolute atomic E-state index is 13.5. The lowest BCUT2D eigenvalue weighted by molar-refractivity contribution is 0.141. The minimum absolute atomic E-state index is 0.113. The van der Waals surface area contributed by atoms with Crippen LogP contribution in [-0.2, 0) is 11.2 Å². The number of benzene rings is 1. The van der Waals surface area contributed by atoms with E-state index >= 15 is 0 Å². The molecule has 1 unspecified atom stereocenters. The topological polar surface area (TPSA) is 21.3 Å². The molecular formula is C14H22FNO. The van der Waals surface area contributed by atoms with Crippen LogP contribution in [-0.4, -0.2) is 26.3 Å². The molecule has 1 N–H and O–H groups in total. The number of likely N-dealkylation sites (N-methyl/N-ethyl adjacent to an activating group) is 1. The van der Waals surface area contributed by atoms with Crippen molar-refractivity contribution in [2.24, 2.45) is 0 Å². The third kappa shape index (κ3) is 5.29. The van der Waals surface area contributed by atoms with Crippen LogP contribution in [0.15, 0.2) is 24.3 Å². The summed E-state index contributed by atoms with van der Waals surface area (Å²) in [6.07, 6.45) is 2.74. The Morgan fingerprint density at radius 1 is 1.35 bits per heavy atom. The molecule has 0 saturated heterocycles. The zero-order valence-corrected chi connectivity index (χ0v) is 10.7. The Kier molecular flexibility index (Phi) is 6.82. The molecule has 0 aliphatic carbocycles. The zero-order valence-electron chi connectivity index (χ0n) is 10.7. The lowest BCUT2D eigenvalue weighted by atomic mass is 10.0. The van der Waals surface area contributed by atoms with E-state index in [1.54, 1.807) is 6.07 Å². The van der Waals surface area contributed by atoms with E-state index in [-0.39, 0.29) is 5.82 Å². The molecule has 0 heterocycles. The fraction of sp³-hybridized carbons (Fsp3) is 0.571. The fourth-order valence-electron chi connectivity index (χ4n) is 1.85. The summed E-state index contributed by atoms with van der Waals surface area (Å²) < 4.78 is 18.8. The zero-order chi connectivity index (χ0) is 12.5. The Bertz CT molecular complexity index is 317. The quantitative estimate of drug-likeness (QED) is 0.704. The number of halogens is 1. The molecule has 96 valence electrons. The first kappa shape index (κ1) is 14.1. The Labute approximate surface area is 103 Å². The molecule has 2 nitrogen and oxygen atoms in total. The van der Waals surface area contributed by atoms with Crippen LogP contribution in [0.2, 0.25) is 0 Å². The summed E-state index contributed by atoms with van der Waals surface area (Å²) in [5.41, 5.74) is 0.781. The molecule has 1 aromatic carbocycles. The molecule has 0 spiro atoms. The highest BCUT2D eigenvalue weighted by molar-refractivity contribution is 5.18. The summed E-state index contributed by atoms with van der Waals surface area (Å²) in [6, 6.07) is 7.28. The third-order valence-electron chi connectivity index (χ3n) is 2.88. The standard InChI is InChI=1S/C14H22FNO/c1-3-17-10-6-8-13(16-2)11-12-7-4-5-9-14(12)15/h4-5,7,9,13,16H,3,6,8,10-11H2,1-2H3. The SMILES string of the molecule is CCOCCCC(Cc1ccccc1F)NC. The first-order valence-electron chi connectivity index (χ1n) is 6.26. The van der Waals surface area contributed by atoms with E-state index in [4.69, 9.17) is 4.74 Å². The van der Waals surface area contributed by atoms with Gasteiger partial charge in [-0.3, -0.25) is 0 Å². The van der Waals surface area contributed by atoms with Crippen LogP contribution in [0.25, 0.3) is 0 Å². The van der Waals surface area contributed by atoms with Crippen LogP contribution in [0.4, 0.5) is 4.39 Å². The minimum atomic E-state index is -0.113. The average molecular weight is 239 g/mol. The fourth-order valence-corrected chi connectivity index (χ4v) is 1.85. The Balaban J connectivity index is 2.38. The van der Waals surface area contributed by atoms with Gasteiger partial charge in [-0.05, 0) is 44.9 Å². The number of hydrogen-bond acceptors (Lipinski definition) is 2. The van der Waals surface area contributed by atoms with E-state index in [9.17, 15) is 4.39 Å². The molecule has 1 aromatic rings. The van der Waals surface area contributed by atoms with Crippen molar-refractivity contribution in [1.29, 1.82) is 0 Å². The number of rotatable bonds is 8. The third-order valence-corrected chi connectivity index (χ3v) is 2.88. The van der Waals surface area contributed by atoms with Crippen LogP contribution in [0.5, 0.6) is 0 Å². The van der Waals surface area contributed by atoms with Gasteiger partial charge in [0.25, 0.3) is 0 Å². The van der Waals surface area contributed by atoms with Gasteiger partial charge in [-0.25, -0.2) is 4.39 Å². The van der Waals surface area contributed by atoms with E-state index in [1.807, 2.05) is 26.1 Å². The lowest BCUT2D eigenvalue weighted by Crippen LogP contribution is -2.28. The summed E-state index contributed by atoms with van der Waals surface area (Å²) >= 11 is 0. The monoisotopic (exact) mass is 239 g/mol. The molecule has 0 saturated carbocycles. The summed E-state index contributed by atoms with van der Waals surface area (Å²) in [5, 5.41) is 3.23. The van der Waals surface area contributed by atoms with Crippen LogP contribution in [0.3, 0.4) is 0 Å². The molecule has 0 fully saturated rings. The van der Waals surface area contributed by atoms with Crippen molar-refractivity contribution in [2.75, 3.05) is 20.3 Å². The first-order chi connectivity index (χ1) is 8.27. The molecule has 3 heteroatoms. The summed E-state index contributed by atoms with van der Waals surface area (Å²) in [7, 11) is 1.92. The Morgan fingerprint density at radius 3 is 2.76 bits per heavy atom. The molecule has 0 amide bonds. The lowest BCUT2D eigenvalue weighted by Gasteiger charge is -2.16. The molecule has 0 aliphatic rings. The van der Waals surface area contributed by atoms with Crippen LogP contribution < -0.4 is 5.32 Å².